The Balaban J connectivity index is 0.00000261. The van der Waals surface area contributed by atoms with Crippen LogP contribution < -0.4 is 10.6 Å². The highest BCUT2D eigenvalue weighted by atomic mass is 127. The van der Waals surface area contributed by atoms with E-state index in [1.165, 1.54) is 5.56 Å². The van der Waals surface area contributed by atoms with Gasteiger partial charge in [-0.1, -0.05) is 38.1 Å². The average Bonchev–Trinajstić information content (AvgIpc) is 3.24. The van der Waals surface area contributed by atoms with Gasteiger partial charge in [0, 0.05) is 11.9 Å². The molecular formula is C20H29IN4OS. The van der Waals surface area contributed by atoms with Crippen LogP contribution in [-0.4, -0.2) is 29.1 Å². The van der Waals surface area contributed by atoms with E-state index < -0.39 is 5.60 Å². The van der Waals surface area contributed by atoms with E-state index in [4.69, 9.17) is 0 Å². The van der Waals surface area contributed by atoms with Crippen molar-refractivity contribution in [1.29, 1.82) is 0 Å². The van der Waals surface area contributed by atoms with Crippen LogP contribution in [0.3, 0.4) is 0 Å². The van der Waals surface area contributed by atoms with E-state index in [0.29, 0.717) is 25.0 Å². The number of aliphatic imine (C=N–C) groups is 1. The maximum atomic E-state index is 11.1. The van der Waals surface area contributed by atoms with Gasteiger partial charge >= 0.3 is 0 Å². The molecule has 1 aromatic heterocycles. The topological polar surface area (TPSA) is 69.5 Å². The molecule has 1 heterocycles. The van der Waals surface area contributed by atoms with Gasteiger partial charge in [-0.05, 0) is 36.8 Å². The standard InChI is InChI=1S/C20H28N4OS.HI/c1-4-21-19(22-11-18-24-17(12-26-18)14(2)3)23-13-20(25)10-9-15-7-5-6-8-16(15)20;/h5-8,12,14,25H,4,9-11,13H2,1-3H3,(H2,21,22,23);1H. The number of hydrogen-bond donors (Lipinski definition) is 3. The highest BCUT2D eigenvalue weighted by Crippen LogP contribution is 2.36. The molecule has 1 atom stereocenters. The third-order valence-corrected chi connectivity index (χ3v) is 5.60. The van der Waals surface area contributed by atoms with Crippen molar-refractivity contribution in [3.8, 4) is 0 Å². The Bertz CT molecular complexity index is 777. The van der Waals surface area contributed by atoms with Crippen LogP contribution in [-0.2, 0) is 18.6 Å². The lowest BCUT2D eigenvalue weighted by molar-refractivity contribution is 0.0432. The predicted octanol–water partition coefficient (Wildman–Crippen LogP) is 3.77. The fourth-order valence-corrected chi connectivity index (χ4v) is 4.11. The zero-order valence-corrected chi connectivity index (χ0v) is 19.3. The van der Waals surface area contributed by atoms with Crippen LogP contribution in [0, 0.1) is 0 Å². The second-order valence-corrected chi connectivity index (χ2v) is 8.00. The van der Waals surface area contributed by atoms with Gasteiger partial charge in [0.25, 0.3) is 0 Å². The van der Waals surface area contributed by atoms with Gasteiger partial charge in [-0.2, -0.15) is 0 Å². The summed E-state index contributed by atoms with van der Waals surface area (Å²) in [6.07, 6.45) is 1.65. The van der Waals surface area contributed by atoms with E-state index in [9.17, 15) is 5.11 Å². The molecule has 0 fully saturated rings. The van der Waals surface area contributed by atoms with Crippen LogP contribution in [0.1, 0.15) is 54.9 Å². The van der Waals surface area contributed by atoms with Crippen molar-refractivity contribution in [3.63, 3.8) is 0 Å². The second kappa shape index (κ2) is 9.84. The number of aryl methyl sites for hydroxylation is 1. The maximum absolute atomic E-state index is 11.1. The number of nitrogens with zero attached hydrogens (tertiary/aromatic N) is 2. The fourth-order valence-electron chi connectivity index (χ4n) is 3.23. The summed E-state index contributed by atoms with van der Waals surface area (Å²) in [5.41, 5.74) is 2.56. The van der Waals surface area contributed by atoms with Gasteiger partial charge in [0.1, 0.15) is 10.6 Å². The summed E-state index contributed by atoms with van der Waals surface area (Å²) in [5.74, 6) is 1.15. The lowest BCUT2D eigenvalue weighted by Gasteiger charge is -2.25. The zero-order valence-electron chi connectivity index (χ0n) is 16.2. The Labute approximate surface area is 182 Å². The van der Waals surface area contributed by atoms with E-state index in [1.807, 2.05) is 25.1 Å². The Kier molecular flexibility index (Phi) is 8.05. The fraction of sp³-hybridized carbons (Fsp3) is 0.500. The summed E-state index contributed by atoms with van der Waals surface area (Å²) in [6, 6.07) is 8.14. The number of aliphatic hydroxyl groups is 1. The maximum Gasteiger partial charge on any atom is 0.191 e. The molecule has 1 unspecified atom stereocenters. The lowest BCUT2D eigenvalue weighted by Crippen LogP contribution is -2.45. The highest BCUT2D eigenvalue weighted by Gasteiger charge is 2.36. The normalized spacial score (nSPS) is 18.9. The zero-order chi connectivity index (χ0) is 18.6. The first kappa shape index (κ1) is 22.1. The first-order valence-electron chi connectivity index (χ1n) is 9.29. The molecular weight excluding hydrogens is 471 g/mol. The number of hydrogen-bond acceptors (Lipinski definition) is 4. The third-order valence-electron chi connectivity index (χ3n) is 4.75. The number of nitrogens with one attached hydrogen (secondary N) is 2. The molecule has 1 aromatic carbocycles. The first-order valence-corrected chi connectivity index (χ1v) is 10.2. The van der Waals surface area contributed by atoms with Crippen molar-refractivity contribution in [1.82, 2.24) is 15.6 Å². The van der Waals surface area contributed by atoms with Crippen LogP contribution in [0.4, 0.5) is 0 Å². The van der Waals surface area contributed by atoms with Crippen molar-refractivity contribution in [2.45, 2.75) is 51.7 Å². The number of aromatic nitrogens is 1. The summed E-state index contributed by atoms with van der Waals surface area (Å²) >= 11 is 1.65. The van der Waals surface area contributed by atoms with E-state index in [0.717, 1.165) is 35.7 Å². The number of thiazole rings is 1. The van der Waals surface area contributed by atoms with Gasteiger partial charge in [0.2, 0.25) is 0 Å². The molecule has 1 aliphatic carbocycles. The average molecular weight is 500 g/mol. The first-order chi connectivity index (χ1) is 12.5. The molecule has 0 saturated heterocycles. The number of benzene rings is 1. The molecule has 3 N–H and O–H groups in total. The van der Waals surface area contributed by atoms with Crippen LogP contribution in [0.2, 0.25) is 0 Å². The molecule has 0 aliphatic heterocycles. The van der Waals surface area contributed by atoms with Crippen LogP contribution in [0.5, 0.6) is 0 Å². The Morgan fingerprint density at radius 1 is 1.33 bits per heavy atom. The minimum absolute atomic E-state index is 0. The largest absolute Gasteiger partial charge is 0.383 e. The molecule has 2 aromatic rings. The quantitative estimate of drug-likeness (QED) is 0.321. The molecule has 7 heteroatoms. The summed E-state index contributed by atoms with van der Waals surface area (Å²) in [5, 5.41) is 20.7. The SMILES string of the molecule is CCNC(=NCc1nc(C(C)C)cs1)NCC1(O)CCc2ccccc21.I. The molecule has 148 valence electrons. The van der Waals surface area contributed by atoms with Gasteiger partial charge < -0.3 is 15.7 Å². The number of halogens is 1. The minimum Gasteiger partial charge on any atom is -0.383 e. The Morgan fingerprint density at radius 3 is 2.81 bits per heavy atom. The van der Waals surface area contributed by atoms with E-state index in [2.05, 4.69) is 45.9 Å². The van der Waals surface area contributed by atoms with Crippen molar-refractivity contribution in [3.05, 3.63) is 51.5 Å². The van der Waals surface area contributed by atoms with Crippen LogP contribution in [0.25, 0.3) is 0 Å². The van der Waals surface area contributed by atoms with Gasteiger partial charge in [-0.3, -0.25) is 0 Å². The lowest BCUT2D eigenvalue weighted by atomic mass is 9.96. The van der Waals surface area contributed by atoms with Gasteiger partial charge in [-0.15, -0.1) is 35.3 Å². The molecule has 0 saturated carbocycles. The molecule has 1 aliphatic rings. The molecule has 5 nitrogen and oxygen atoms in total. The number of rotatable bonds is 6. The molecule has 0 bridgehead atoms. The van der Waals surface area contributed by atoms with E-state index >= 15 is 0 Å². The number of fused-ring (bicyclic) bond motifs is 1. The van der Waals surface area contributed by atoms with Crippen molar-refractivity contribution in [2.75, 3.05) is 13.1 Å². The molecule has 0 amide bonds. The smallest absolute Gasteiger partial charge is 0.191 e. The van der Waals surface area contributed by atoms with Crippen molar-refractivity contribution in [2.24, 2.45) is 4.99 Å². The molecule has 27 heavy (non-hydrogen) atoms. The Morgan fingerprint density at radius 2 is 2.11 bits per heavy atom. The molecule has 3 rings (SSSR count). The summed E-state index contributed by atoms with van der Waals surface area (Å²) in [4.78, 5) is 9.26. The van der Waals surface area contributed by atoms with Crippen LogP contribution in [0.15, 0.2) is 34.6 Å². The van der Waals surface area contributed by atoms with Gasteiger partial charge in [0.15, 0.2) is 5.96 Å². The highest BCUT2D eigenvalue weighted by molar-refractivity contribution is 14.0. The van der Waals surface area contributed by atoms with Gasteiger partial charge in [0.05, 0.1) is 18.8 Å². The summed E-state index contributed by atoms with van der Waals surface area (Å²) in [7, 11) is 0. The molecule has 0 spiro atoms. The van der Waals surface area contributed by atoms with Crippen LogP contribution >= 0.6 is 35.3 Å². The minimum atomic E-state index is -0.835. The third kappa shape index (κ3) is 5.42. The van der Waals surface area contributed by atoms with Gasteiger partial charge in [-0.25, -0.2) is 9.98 Å². The number of guanidine groups is 1. The summed E-state index contributed by atoms with van der Waals surface area (Å²) < 4.78 is 0. The van der Waals surface area contributed by atoms with E-state index in [-0.39, 0.29) is 24.0 Å². The van der Waals surface area contributed by atoms with Crippen molar-refractivity contribution < 1.29 is 5.11 Å². The predicted molar refractivity (Wildman–Crippen MR) is 123 cm³/mol. The Hall–Kier alpha value is -1.19. The summed E-state index contributed by atoms with van der Waals surface area (Å²) in [6.45, 7) is 8.10. The van der Waals surface area contributed by atoms with Crippen molar-refractivity contribution >= 4 is 41.3 Å². The monoisotopic (exact) mass is 500 g/mol. The second-order valence-electron chi connectivity index (χ2n) is 7.06. The van der Waals surface area contributed by atoms with E-state index in [1.54, 1.807) is 11.3 Å². The molecule has 0 radical (unpaired) electrons.